The van der Waals surface area contributed by atoms with Crippen LogP contribution in [0.5, 0.6) is 0 Å². The Labute approximate surface area is 161 Å². The van der Waals surface area contributed by atoms with E-state index in [-0.39, 0.29) is 17.9 Å². The molecule has 0 unspecified atom stereocenters. The second-order valence-electron chi connectivity index (χ2n) is 6.17. The Balaban J connectivity index is 1.81. The molecule has 0 aliphatic heterocycles. The van der Waals surface area contributed by atoms with E-state index in [2.05, 4.69) is 10.3 Å². The summed E-state index contributed by atoms with van der Waals surface area (Å²) in [5.74, 6) is -1.11. The number of esters is 1. The molecule has 0 atom stereocenters. The molecule has 1 aromatic carbocycles. The van der Waals surface area contributed by atoms with Crippen LogP contribution in [0.25, 0.3) is 11.7 Å². The lowest BCUT2D eigenvalue weighted by Gasteiger charge is -2.10. The predicted molar refractivity (Wildman–Crippen MR) is 104 cm³/mol. The molecule has 0 aliphatic rings. The average molecular weight is 377 g/mol. The van der Waals surface area contributed by atoms with Crippen LogP contribution >= 0.6 is 0 Å². The fourth-order valence-electron chi connectivity index (χ4n) is 2.71. The van der Waals surface area contributed by atoms with E-state index in [1.165, 1.54) is 23.5 Å². The van der Waals surface area contributed by atoms with Gasteiger partial charge >= 0.3 is 5.97 Å². The van der Waals surface area contributed by atoms with Crippen LogP contribution < -0.4 is 10.9 Å². The summed E-state index contributed by atoms with van der Waals surface area (Å²) >= 11 is 0. The van der Waals surface area contributed by atoms with Crippen LogP contribution in [-0.4, -0.2) is 21.3 Å². The van der Waals surface area contributed by atoms with Gasteiger partial charge in [-0.05, 0) is 30.7 Å². The van der Waals surface area contributed by atoms with Crippen LogP contribution in [0, 0.1) is 6.92 Å². The Bertz CT molecular complexity index is 1120. The van der Waals surface area contributed by atoms with Crippen LogP contribution in [-0.2, 0) is 20.9 Å². The highest BCUT2D eigenvalue weighted by atomic mass is 16.5. The lowest BCUT2D eigenvalue weighted by molar-refractivity contribution is -0.141. The van der Waals surface area contributed by atoms with Gasteiger partial charge in [0.15, 0.2) is 0 Å². The van der Waals surface area contributed by atoms with Crippen molar-refractivity contribution < 1.29 is 14.3 Å². The first-order chi connectivity index (χ1) is 13.4. The highest BCUT2D eigenvalue weighted by molar-refractivity contribution is 5.97. The predicted octanol–water partition coefficient (Wildman–Crippen LogP) is 2.22. The number of fused-ring (bicyclic) bond motifs is 1. The highest BCUT2D eigenvalue weighted by Gasteiger charge is 2.14. The quantitative estimate of drug-likeness (QED) is 0.544. The number of pyridine rings is 1. The maximum atomic E-state index is 12.4. The largest absolute Gasteiger partial charge is 0.455 e. The molecule has 0 aliphatic carbocycles. The lowest BCUT2D eigenvalue weighted by atomic mass is 10.2. The van der Waals surface area contributed by atoms with Crippen molar-refractivity contribution in [3.63, 3.8) is 0 Å². The van der Waals surface area contributed by atoms with E-state index in [4.69, 9.17) is 4.74 Å². The third-order valence-electron chi connectivity index (χ3n) is 3.93. The number of amides is 1. The molecular formula is C21H19N3O4. The fraction of sp³-hybridized carbons (Fsp3) is 0.143. The van der Waals surface area contributed by atoms with E-state index in [0.717, 1.165) is 11.3 Å². The van der Waals surface area contributed by atoms with Crippen LogP contribution in [0.4, 0.5) is 0 Å². The first kappa shape index (κ1) is 19.0. The van der Waals surface area contributed by atoms with Crippen molar-refractivity contribution in [2.45, 2.75) is 20.5 Å². The SMILES string of the molecule is CC(=O)N/C(=C\c1ccccc1)C(=O)OCc1cc(=O)n2c(C)cccc2n1. The van der Waals surface area contributed by atoms with Gasteiger partial charge in [-0.25, -0.2) is 9.78 Å². The van der Waals surface area contributed by atoms with Gasteiger partial charge in [-0.2, -0.15) is 0 Å². The van der Waals surface area contributed by atoms with Crippen molar-refractivity contribution in [1.82, 2.24) is 14.7 Å². The number of hydrogen-bond donors (Lipinski definition) is 1. The number of aromatic nitrogens is 2. The number of nitrogens with zero attached hydrogens (tertiary/aromatic N) is 2. The van der Waals surface area contributed by atoms with E-state index in [1.54, 1.807) is 24.3 Å². The van der Waals surface area contributed by atoms with Gasteiger partial charge in [0, 0.05) is 18.7 Å². The van der Waals surface area contributed by atoms with E-state index in [9.17, 15) is 14.4 Å². The summed E-state index contributed by atoms with van der Waals surface area (Å²) in [6, 6.07) is 15.7. The number of ether oxygens (including phenoxy) is 1. The van der Waals surface area contributed by atoms with Gasteiger partial charge in [-0.3, -0.25) is 14.0 Å². The van der Waals surface area contributed by atoms with Crippen molar-refractivity contribution in [2.24, 2.45) is 0 Å². The number of carbonyl (C=O) groups is 2. The van der Waals surface area contributed by atoms with Gasteiger partial charge in [0.25, 0.3) is 5.56 Å². The van der Waals surface area contributed by atoms with E-state index < -0.39 is 11.9 Å². The fourth-order valence-corrected chi connectivity index (χ4v) is 2.71. The summed E-state index contributed by atoms with van der Waals surface area (Å²) in [5.41, 5.74) is 2.05. The van der Waals surface area contributed by atoms with Gasteiger partial charge in [-0.1, -0.05) is 36.4 Å². The summed E-state index contributed by atoms with van der Waals surface area (Å²) in [6.07, 6.45) is 1.52. The Morgan fingerprint density at radius 3 is 2.61 bits per heavy atom. The monoisotopic (exact) mass is 377 g/mol. The molecule has 142 valence electrons. The molecule has 3 rings (SSSR count). The zero-order valence-electron chi connectivity index (χ0n) is 15.5. The van der Waals surface area contributed by atoms with E-state index in [0.29, 0.717) is 11.3 Å². The van der Waals surface area contributed by atoms with Crippen molar-refractivity contribution in [3.05, 3.63) is 87.6 Å². The molecule has 28 heavy (non-hydrogen) atoms. The Hall–Kier alpha value is -3.74. The van der Waals surface area contributed by atoms with Crippen LogP contribution in [0.2, 0.25) is 0 Å². The first-order valence-electron chi connectivity index (χ1n) is 8.64. The third-order valence-corrected chi connectivity index (χ3v) is 3.93. The van der Waals surface area contributed by atoms with Crippen LogP contribution in [0.1, 0.15) is 23.9 Å². The van der Waals surface area contributed by atoms with Crippen molar-refractivity contribution in [2.75, 3.05) is 0 Å². The molecule has 1 N–H and O–H groups in total. The molecule has 2 heterocycles. The van der Waals surface area contributed by atoms with Crippen molar-refractivity contribution in [3.8, 4) is 0 Å². The molecule has 0 bridgehead atoms. The van der Waals surface area contributed by atoms with Crippen LogP contribution in [0.15, 0.2) is 65.1 Å². The maximum absolute atomic E-state index is 12.4. The minimum Gasteiger partial charge on any atom is -0.455 e. The molecule has 1 amide bonds. The van der Waals surface area contributed by atoms with E-state index >= 15 is 0 Å². The van der Waals surface area contributed by atoms with Gasteiger partial charge < -0.3 is 10.1 Å². The minimum atomic E-state index is -0.717. The van der Waals surface area contributed by atoms with Crippen molar-refractivity contribution in [1.29, 1.82) is 0 Å². The molecule has 0 spiro atoms. The summed E-state index contributed by atoms with van der Waals surface area (Å²) in [7, 11) is 0. The minimum absolute atomic E-state index is 0.00653. The molecule has 7 nitrogen and oxygen atoms in total. The number of nitrogens with one attached hydrogen (secondary N) is 1. The van der Waals surface area contributed by atoms with E-state index in [1.807, 2.05) is 31.2 Å². The molecule has 2 aromatic heterocycles. The maximum Gasteiger partial charge on any atom is 0.355 e. The summed E-state index contributed by atoms with van der Waals surface area (Å²) in [6.45, 7) is 2.92. The number of rotatable bonds is 5. The van der Waals surface area contributed by atoms with Gasteiger partial charge in [0.2, 0.25) is 5.91 Å². The summed E-state index contributed by atoms with van der Waals surface area (Å²) in [5, 5.41) is 2.47. The third kappa shape index (κ3) is 4.50. The second-order valence-corrected chi connectivity index (χ2v) is 6.17. The molecule has 3 aromatic rings. The average Bonchev–Trinajstić information content (AvgIpc) is 2.66. The molecular weight excluding hydrogens is 358 g/mol. The lowest BCUT2D eigenvalue weighted by Crippen LogP contribution is -2.26. The molecule has 0 saturated heterocycles. The van der Waals surface area contributed by atoms with Gasteiger partial charge in [0.1, 0.15) is 18.0 Å². The van der Waals surface area contributed by atoms with Crippen molar-refractivity contribution >= 4 is 23.6 Å². The smallest absolute Gasteiger partial charge is 0.355 e. The Morgan fingerprint density at radius 2 is 1.89 bits per heavy atom. The zero-order chi connectivity index (χ0) is 20.1. The number of carbonyl (C=O) groups excluding carboxylic acids is 2. The molecule has 0 saturated carbocycles. The summed E-state index contributed by atoms with van der Waals surface area (Å²) in [4.78, 5) is 40.5. The zero-order valence-corrected chi connectivity index (χ0v) is 15.5. The van der Waals surface area contributed by atoms with Crippen LogP contribution in [0.3, 0.4) is 0 Å². The number of hydrogen-bond acceptors (Lipinski definition) is 5. The second kappa shape index (κ2) is 8.30. The topological polar surface area (TPSA) is 89.8 Å². The number of benzene rings is 1. The number of aryl methyl sites for hydroxylation is 1. The Morgan fingerprint density at radius 1 is 1.14 bits per heavy atom. The normalized spacial score (nSPS) is 11.3. The Kier molecular flexibility index (Phi) is 5.64. The molecule has 7 heteroatoms. The molecule has 0 radical (unpaired) electrons. The highest BCUT2D eigenvalue weighted by Crippen LogP contribution is 2.08. The standard InChI is InChI=1S/C21H19N3O4/c1-14-7-6-10-19-23-17(12-20(26)24(14)19)13-28-21(27)18(22-15(2)25)11-16-8-4-3-5-9-16/h3-12H,13H2,1-2H3,(H,22,25)/b18-11-. The first-order valence-corrected chi connectivity index (χ1v) is 8.64. The van der Waals surface area contributed by atoms with Gasteiger partial charge in [0.05, 0.1) is 5.69 Å². The molecule has 0 fully saturated rings. The van der Waals surface area contributed by atoms with Gasteiger partial charge in [-0.15, -0.1) is 0 Å². The summed E-state index contributed by atoms with van der Waals surface area (Å²) < 4.78 is 6.74.